The maximum absolute atomic E-state index is 6.06. The summed E-state index contributed by atoms with van der Waals surface area (Å²) in [6.45, 7) is 1.93. The maximum Gasteiger partial charge on any atom is 0.149 e. The molecule has 2 N–H and O–H groups in total. The minimum atomic E-state index is -0.244. The van der Waals surface area contributed by atoms with E-state index in [1.54, 1.807) is 6.20 Å². The highest BCUT2D eigenvalue weighted by molar-refractivity contribution is 5.24. The molecule has 0 aliphatic rings. The molecule has 0 saturated heterocycles. The van der Waals surface area contributed by atoms with Gasteiger partial charge in [-0.15, -0.1) is 0 Å². The third kappa shape index (κ3) is 2.19. The van der Waals surface area contributed by atoms with Crippen LogP contribution in [0.25, 0.3) is 0 Å². The van der Waals surface area contributed by atoms with Gasteiger partial charge in [0.15, 0.2) is 0 Å². The topological polar surface area (TPSA) is 51.8 Å². The van der Waals surface area contributed by atoms with Crippen molar-refractivity contribution in [2.24, 2.45) is 5.73 Å². The second-order valence-corrected chi connectivity index (χ2v) is 3.44. The van der Waals surface area contributed by atoms with Crippen LogP contribution in [0.2, 0.25) is 0 Å². The molecule has 1 atom stereocenters. The minimum absolute atomic E-state index is 0.244. The van der Waals surface area contributed by atoms with Gasteiger partial charge in [-0.05, 0) is 18.6 Å². The molecule has 3 heteroatoms. The number of hydrogen-bond donors (Lipinski definition) is 1. The van der Waals surface area contributed by atoms with Crippen LogP contribution in [0.1, 0.15) is 23.1 Å². The molecule has 1 unspecified atom stereocenters. The zero-order valence-electron chi connectivity index (χ0n) is 8.59. The summed E-state index contributed by atoms with van der Waals surface area (Å²) < 4.78 is 0. The number of aromatic nitrogens is 2. The van der Waals surface area contributed by atoms with Gasteiger partial charge in [0.1, 0.15) is 5.82 Å². The van der Waals surface area contributed by atoms with Crippen molar-refractivity contribution in [1.29, 1.82) is 0 Å². The van der Waals surface area contributed by atoms with Crippen molar-refractivity contribution in [2.75, 3.05) is 0 Å². The molecule has 1 aromatic heterocycles. The number of nitrogens with zero attached hydrogens (tertiary/aromatic N) is 2. The third-order valence-corrected chi connectivity index (χ3v) is 2.25. The minimum Gasteiger partial charge on any atom is -0.318 e. The summed E-state index contributed by atoms with van der Waals surface area (Å²) in [5.41, 5.74) is 8.03. The summed E-state index contributed by atoms with van der Waals surface area (Å²) in [6, 6.07) is 11.5. The van der Waals surface area contributed by atoms with Crippen molar-refractivity contribution in [3.05, 3.63) is 59.7 Å². The quantitative estimate of drug-likeness (QED) is 0.802. The molecule has 0 saturated carbocycles. The fraction of sp³-hybridized carbons (Fsp3) is 0.167. The molecule has 2 aromatic rings. The van der Waals surface area contributed by atoms with E-state index in [4.69, 9.17) is 5.73 Å². The first kappa shape index (κ1) is 9.80. The molecule has 1 heterocycles. The van der Waals surface area contributed by atoms with Crippen LogP contribution in [0.3, 0.4) is 0 Å². The average molecular weight is 199 g/mol. The van der Waals surface area contributed by atoms with E-state index in [1.807, 2.05) is 43.3 Å². The fourth-order valence-corrected chi connectivity index (χ4v) is 1.43. The molecule has 0 radical (unpaired) electrons. The molecule has 0 spiro atoms. The Morgan fingerprint density at radius 3 is 2.53 bits per heavy atom. The average Bonchev–Trinajstić information content (AvgIpc) is 2.29. The second-order valence-electron chi connectivity index (χ2n) is 3.44. The highest BCUT2D eigenvalue weighted by atomic mass is 14.9. The van der Waals surface area contributed by atoms with Crippen LogP contribution >= 0.6 is 0 Å². The highest BCUT2D eigenvalue weighted by Gasteiger charge is 2.10. The van der Waals surface area contributed by atoms with E-state index in [1.165, 1.54) is 0 Å². The largest absolute Gasteiger partial charge is 0.318 e. The van der Waals surface area contributed by atoms with Gasteiger partial charge in [-0.25, -0.2) is 9.97 Å². The molecule has 0 bridgehead atoms. The fourth-order valence-electron chi connectivity index (χ4n) is 1.43. The maximum atomic E-state index is 6.06. The van der Waals surface area contributed by atoms with Gasteiger partial charge in [0.25, 0.3) is 0 Å². The monoisotopic (exact) mass is 199 g/mol. The van der Waals surface area contributed by atoms with Crippen LogP contribution < -0.4 is 5.73 Å². The van der Waals surface area contributed by atoms with E-state index < -0.39 is 0 Å². The van der Waals surface area contributed by atoms with E-state index in [0.717, 1.165) is 11.3 Å². The zero-order chi connectivity index (χ0) is 10.7. The first-order valence-electron chi connectivity index (χ1n) is 4.87. The first-order valence-corrected chi connectivity index (χ1v) is 4.87. The zero-order valence-corrected chi connectivity index (χ0v) is 8.59. The van der Waals surface area contributed by atoms with Gasteiger partial charge in [0.05, 0.1) is 6.04 Å². The van der Waals surface area contributed by atoms with Crippen LogP contribution in [0.5, 0.6) is 0 Å². The Labute approximate surface area is 89.0 Å². The molecule has 15 heavy (non-hydrogen) atoms. The molecule has 1 aromatic carbocycles. The summed E-state index contributed by atoms with van der Waals surface area (Å²) in [6.07, 6.45) is 1.74. The van der Waals surface area contributed by atoms with Crippen molar-refractivity contribution in [1.82, 2.24) is 9.97 Å². The number of aryl methyl sites for hydroxylation is 1. The molecule has 76 valence electrons. The molecular formula is C12H13N3. The number of hydrogen-bond acceptors (Lipinski definition) is 3. The molecule has 0 aliphatic carbocycles. The van der Waals surface area contributed by atoms with Crippen LogP contribution in [-0.2, 0) is 0 Å². The van der Waals surface area contributed by atoms with Crippen LogP contribution in [0, 0.1) is 6.92 Å². The Balaban J connectivity index is 2.32. The van der Waals surface area contributed by atoms with E-state index in [0.29, 0.717) is 5.82 Å². The van der Waals surface area contributed by atoms with Crippen molar-refractivity contribution < 1.29 is 0 Å². The van der Waals surface area contributed by atoms with Crippen molar-refractivity contribution in [2.45, 2.75) is 13.0 Å². The van der Waals surface area contributed by atoms with Gasteiger partial charge in [0.2, 0.25) is 0 Å². The molecule has 2 rings (SSSR count). The van der Waals surface area contributed by atoms with Crippen molar-refractivity contribution >= 4 is 0 Å². The Bertz CT molecular complexity index is 440. The predicted octanol–water partition coefficient (Wildman–Crippen LogP) is 1.83. The van der Waals surface area contributed by atoms with E-state index in [9.17, 15) is 0 Å². The third-order valence-electron chi connectivity index (χ3n) is 2.25. The molecular weight excluding hydrogens is 186 g/mol. The van der Waals surface area contributed by atoms with Gasteiger partial charge in [-0.3, -0.25) is 0 Å². The Kier molecular flexibility index (Phi) is 2.74. The number of rotatable bonds is 2. The number of nitrogens with two attached hydrogens (primary N) is 1. The Hall–Kier alpha value is -1.74. The SMILES string of the molecule is Cc1ccnc(C(N)c2ccccc2)n1. The lowest BCUT2D eigenvalue weighted by Crippen LogP contribution is -2.15. The molecule has 3 nitrogen and oxygen atoms in total. The van der Waals surface area contributed by atoms with Gasteiger partial charge in [0, 0.05) is 11.9 Å². The van der Waals surface area contributed by atoms with Crippen LogP contribution in [-0.4, -0.2) is 9.97 Å². The second kappa shape index (κ2) is 4.19. The predicted molar refractivity (Wildman–Crippen MR) is 59.2 cm³/mol. The summed E-state index contributed by atoms with van der Waals surface area (Å²) in [5, 5.41) is 0. The summed E-state index contributed by atoms with van der Waals surface area (Å²) >= 11 is 0. The van der Waals surface area contributed by atoms with Crippen LogP contribution in [0.4, 0.5) is 0 Å². The van der Waals surface area contributed by atoms with Crippen LogP contribution in [0.15, 0.2) is 42.6 Å². The van der Waals surface area contributed by atoms with Gasteiger partial charge >= 0.3 is 0 Å². The van der Waals surface area contributed by atoms with Gasteiger partial charge in [-0.1, -0.05) is 30.3 Å². The Morgan fingerprint density at radius 1 is 1.13 bits per heavy atom. The molecule has 0 amide bonds. The number of benzene rings is 1. The summed E-state index contributed by atoms with van der Waals surface area (Å²) in [4.78, 5) is 8.49. The van der Waals surface area contributed by atoms with Gasteiger partial charge < -0.3 is 5.73 Å². The lowest BCUT2D eigenvalue weighted by Gasteiger charge is -2.10. The summed E-state index contributed by atoms with van der Waals surface area (Å²) in [7, 11) is 0. The molecule has 0 fully saturated rings. The first-order chi connectivity index (χ1) is 7.27. The van der Waals surface area contributed by atoms with Gasteiger partial charge in [-0.2, -0.15) is 0 Å². The smallest absolute Gasteiger partial charge is 0.149 e. The highest BCUT2D eigenvalue weighted by Crippen LogP contribution is 2.15. The standard InChI is InChI=1S/C12H13N3/c1-9-7-8-14-12(15-9)11(13)10-5-3-2-4-6-10/h2-8,11H,13H2,1H3. The van der Waals surface area contributed by atoms with E-state index in [2.05, 4.69) is 9.97 Å². The summed E-state index contributed by atoms with van der Waals surface area (Å²) in [5.74, 6) is 0.668. The van der Waals surface area contributed by atoms with Crippen molar-refractivity contribution in [3.63, 3.8) is 0 Å². The Morgan fingerprint density at radius 2 is 1.87 bits per heavy atom. The van der Waals surface area contributed by atoms with Crippen molar-refractivity contribution in [3.8, 4) is 0 Å². The molecule has 0 aliphatic heterocycles. The lowest BCUT2D eigenvalue weighted by atomic mass is 10.1. The normalized spacial score (nSPS) is 12.4. The lowest BCUT2D eigenvalue weighted by molar-refractivity contribution is 0.773. The van der Waals surface area contributed by atoms with E-state index >= 15 is 0 Å². The van der Waals surface area contributed by atoms with E-state index in [-0.39, 0.29) is 6.04 Å².